The van der Waals surface area contributed by atoms with Crippen molar-refractivity contribution in [2.24, 2.45) is 5.10 Å². The van der Waals surface area contributed by atoms with Gasteiger partial charge in [0.05, 0.1) is 0 Å². The Labute approximate surface area is 142 Å². The first-order chi connectivity index (χ1) is 11.3. The summed E-state index contributed by atoms with van der Waals surface area (Å²) in [7, 11) is 0.870. The van der Waals surface area contributed by atoms with Crippen LogP contribution in [0.5, 0.6) is 0 Å². The second kappa shape index (κ2) is 7.45. The maximum Gasteiger partial charge on any atom is 0.407 e. The Morgan fingerprint density at radius 2 is 2.04 bits per heavy atom. The molecular formula is C15H19F2N3O3S. The van der Waals surface area contributed by atoms with E-state index in [-0.39, 0.29) is 6.04 Å². The predicted molar refractivity (Wildman–Crippen MR) is 88.8 cm³/mol. The number of hydrazone groups is 1. The molecule has 9 heteroatoms. The van der Waals surface area contributed by atoms with Crippen LogP contribution in [0.15, 0.2) is 35.4 Å². The summed E-state index contributed by atoms with van der Waals surface area (Å²) in [6.45, 7) is 3.46. The van der Waals surface area contributed by atoms with Crippen molar-refractivity contribution in [3.63, 3.8) is 0 Å². The van der Waals surface area contributed by atoms with Gasteiger partial charge < -0.3 is 15.2 Å². The third kappa shape index (κ3) is 4.03. The fourth-order valence-corrected chi connectivity index (χ4v) is 3.30. The number of carbonyl (C=O) groups is 1. The first kappa shape index (κ1) is 18.6. The van der Waals surface area contributed by atoms with E-state index in [0.717, 1.165) is 7.11 Å². The molecule has 0 aromatic heterocycles. The summed E-state index contributed by atoms with van der Waals surface area (Å²) in [5.41, 5.74) is 0.504. The molecule has 1 aliphatic heterocycles. The number of amides is 1. The van der Waals surface area contributed by atoms with Gasteiger partial charge in [-0.05, 0) is 26.0 Å². The van der Waals surface area contributed by atoms with E-state index < -0.39 is 28.5 Å². The standard InChI is InChI=1S/C15H19F2N3O3S/c1-9(2)20-13(24-14(19-20)15(16,17)23-3)11(21)12(22)18-10-7-5-4-6-8-10/h4-9,11,13,21H,1-3H3,(H,18,22). The van der Waals surface area contributed by atoms with E-state index in [1.165, 1.54) is 5.01 Å². The molecule has 6 nitrogen and oxygen atoms in total. The van der Waals surface area contributed by atoms with Crippen molar-refractivity contribution >= 4 is 28.4 Å². The molecule has 1 aliphatic rings. The van der Waals surface area contributed by atoms with Gasteiger partial charge in [0.25, 0.3) is 5.91 Å². The number of hydrogen-bond acceptors (Lipinski definition) is 6. The lowest BCUT2D eigenvalue weighted by Crippen LogP contribution is -2.45. The Balaban J connectivity index is 2.13. The molecule has 2 atom stereocenters. The van der Waals surface area contributed by atoms with Crippen LogP contribution < -0.4 is 5.32 Å². The first-order valence-electron chi connectivity index (χ1n) is 7.27. The summed E-state index contributed by atoms with van der Waals surface area (Å²) < 4.78 is 31.5. The number of methoxy groups -OCH3 is 1. The van der Waals surface area contributed by atoms with E-state index in [9.17, 15) is 18.7 Å². The number of alkyl halides is 2. The molecule has 1 aromatic rings. The maximum absolute atomic E-state index is 13.7. The van der Waals surface area contributed by atoms with Gasteiger partial charge in [0.15, 0.2) is 11.1 Å². The number of thioether (sulfide) groups is 1. The molecule has 1 heterocycles. The van der Waals surface area contributed by atoms with Gasteiger partial charge in [-0.2, -0.15) is 13.9 Å². The summed E-state index contributed by atoms with van der Waals surface area (Å²) in [6, 6.07) is 8.28. The Hall–Kier alpha value is -1.71. The van der Waals surface area contributed by atoms with Gasteiger partial charge in [0, 0.05) is 18.8 Å². The highest BCUT2D eigenvalue weighted by molar-refractivity contribution is 8.14. The largest absolute Gasteiger partial charge is 0.407 e. The highest BCUT2D eigenvalue weighted by atomic mass is 32.2. The third-order valence-electron chi connectivity index (χ3n) is 3.31. The number of rotatable bonds is 6. The number of ether oxygens (including phenoxy) is 1. The molecule has 0 saturated heterocycles. The van der Waals surface area contributed by atoms with Gasteiger partial charge in [0.2, 0.25) is 0 Å². The van der Waals surface area contributed by atoms with Gasteiger partial charge in [-0.3, -0.25) is 9.80 Å². The molecule has 0 saturated carbocycles. The SMILES string of the molecule is COC(F)(F)C1=NN(C(C)C)C(C(O)C(=O)Nc2ccccc2)S1. The fraction of sp³-hybridized carbons (Fsp3) is 0.467. The van der Waals surface area contributed by atoms with Crippen LogP contribution in [0.4, 0.5) is 14.5 Å². The zero-order valence-electron chi connectivity index (χ0n) is 13.4. The third-order valence-corrected chi connectivity index (χ3v) is 4.57. The zero-order valence-corrected chi connectivity index (χ0v) is 14.3. The Kier molecular flexibility index (Phi) is 5.79. The molecule has 24 heavy (non-hydrogen) atoms. The van der Waals surface area contributed by atoms with Crippen molar-refractivity contribution in [1.29, 1.82) is 0 Å². The summed E-state index contributed by atoms with van der Waals surface area (Å²) >= 11 is 0.616. The van der Waals surface area contributed by atoms with Crippen LogP contribution in [0.25, 0.3) is 0 Å². The number of halogens is 2. The molecule has 132 valence electrons. The van der Waals surface area contributed by atoms with Crippen molar-refractivity contribution < 1.29 is 23.4 Å². The highest BCUT2D eigenvalue weighted by Crippen LogP contribution is 2.37. The smallest absolute Gasteiger partial charge is 0.380 e. The Bertz CT molecular complexity index is 613. The van der Waals surface area contributed by atoms with E-state index >= 15 is 0 Å². The number of anilines is 1. The number of benzene rings is 1. The van der Waals surface area contributed by atoms with E-state index in [4.69, 9.17) is 0 Å². The van der Waals surface area contributed by atoms with E-state index in [1.807, 2.05) is 0 Å². The molecule has 2 unspecified atom stereocenters. The summed E-state index contributed by atoms with van der Waals surface area (Å²) in [6.07, 6.45) is -5.12. The topological polar surface area (TPSA) is 74.2 Å². The molecule has 0 radical (unpaired) electrons. The lowest BCUT2D eigenvalue weighted by atomic mass is 10.2. The number of nitrogens with zero attached hydrogens (tertiary/aromatic N) is 2. The van der Waals surface area contributed by atoms with Crippen molar-refractivity contribution in [2.75, 3.05) is 12.4 Å². The van der Waals surface area contributed by atoms with Crippen LogP contribution in [-0.4, -0.2) is 51.8 Å². The Morgan fingerprint density at radius 3 is 2.58 bits per heavy atom. The van der Waals surface area contributed by atoms with E-state index in [1.54, 1.807) is 44.2 Å². The van der Waals surface area contributed by atoms with Crippen molar-refractivity contribution in [3.05, 3.63) is 30.3 Å². The average molecular weight is 359 g/mol. The normalized spacial score (nSPS) is 19.4. The van der Waals surface area contributed by atoms with Gasteiger partial charge in [0.1, 0.15) is 5.37 Å². The van der Waals surface area contributed by atoms with E-state index in [0.29, 0.717) is 17.4 Å². The summed E-state index contributed by atoms with van der Waals surface area (Å²) in [4.78, 5) is 12.2. The number of nitrogens with one attached hydrogen (secondary N) is 1. The Morgan fingerprint density at radius 1 is 1.42 bits per heavy atom. The zero-order chi connectivity index (χ0) is 17.9. The number of para-hydroxylation sites is 1. The molecule has 0 fully saturated rings. The van der Waals surface area contributed by atoms with Crippen molar-refractivity contribution in [1.82, 2.24) is 5.01 Å². The van der Waals surface area contributed by atoms with Crippen molar-refractivity contribution in [2.45, 2.75) is 37.5 Å². The van der Waals surface area contributed by atoms with Crippen LogP contribution in [0.3, 0.4) is 0 Å². The van der Waals surface area contributed by atoms with Gasteiger partial charge >= 0.3 is 6.11 Å². The van der Waals surface area contributed by atoms with Gasteiger partial charge in [-0.25, -0.2) is 0 Å². The quantitative estimate of drug-likeness (QED) is 0.815. The number of aliphatic hydroxyl groups excluding tert-OH is 1. The molecule has 0 aliphatic carbocycles. The second-order valence-corrected chi connectivity index (χ2v) is 6.51. The molecule has 2 N–H and O–H groups in total. The van der Waals surface area contributed by atoms with Crippen LogP contribution in [0, 0.1) is 0 Å². The van der Waals surface area contributed by atoms with E-state index in [2.05, 4.69) is 15.2 Å². The van der Waals surface area contributed by atoms with Crippen LogP contribution in [-0.2, 0) is 9.53 Å². The second-order valence-electron chi connectivity index (χ2n) is 5.41. The minimum Gasteiger partial charge on any atom is -0.380 e. The molecular weight excluding hydrogens is 340 g/mol. The minimum absolute atomic E-state index is 0.285. The van der Waals surface area contributed by atoms with Crippen molar-refractivity contribution in [3.8, 4) is 0 Å². The number of hydrogen-bond donors (Lipinski definition) is 2. The maximum atomic E-state index is 13.7. The molecule has 1 aromatic carbocycles. The monoisotopic (exact) mass is 359 g/mol. The summed E-state index contributed by atoms with van der Waals surface area (Å²) in [5, 5.41) is 16.4. The molecule has 0 bridgehead atoms. The fourth-order valence-electron chi connectivity index (χ4n) is 2.05. The van der Waals surface area contributed by atoms with Gasteiger partial charge in [-0.15, -0.1) is 0 Å². The molecule has 0 spiro atoms. The number of carbonyl (C=O) groups excluding carboxylic acids is 1. The highest BCUT2D eigenvalue weighted by Gasteiger charge is 2.47. The molecule has 2 rings (SSSR count). The predicted octanol–water partition coefficient (Wildman–Crippen LogP) is 2.32. The lowest BCUT2D eigenvalue weighted by Gasteiger charge is -2.29. The minimum atomic E-state index is -3.57. The molecule has 1 amide bonds. The van der Waals surface area contributed by atoms with Crippen LogP contribution in [0.2, 0.25) is 0 Å². The van der Waals surface area contributed by atoms with Crippen LogP contribution >= 0.6 is 11.8 Å². The van der Waals surface area contributed by atoms with Crippen LogP contribution in [0.1, 0.15) is 13.8 Å². The number of aliphatic hydroxyl groups is 1. The first-order valence-corrected chi connectivity index (χ1v) is 8.15. The lowest BCUT2D eigenvalue weighted by molar-refractivity contribution is -0.160. The van der Waals surface area contributed by atoms with Gasteiger partial charge in [-0.1, -0.05) is 30.0 Å². The summed E-state index contributed by atoms with van der Waals surface area (Å²) in [5.74, 6) is -0.693. The average Bonchev–Trinajstić information content (AvgIpc) is 3.01.